The van der Waals surface area contributed by atoms with Crippen molar-refractivity contribution in [2.45, 2.75) is 6.04 Å². The number of rotatable bonds is 2. The van der Waals surface area contributed by atoms with E-state index >= 15 is 0 Å². The first-order valence-electron chi connectivity index (χ1n) is 4.92. The molecule has 0 fully saturated rings. The SMILES string of the molecule is N#CC(c1ccc(Cl)cc1)[n+]1ccccc1.[Cl-]. The number of pyridine rings is 1. The number of hydrogen-bond acceptors (Lipinski definition) is 1. The third-order valence-electron chi connectivity index (χ3n) is 2.34. The summed E-state index contributed by atoms with van der Waals surface area (Å²) in [7, 11) is 0. The topological polar surface area (TPSA) is 27.7 Å². The Labute approximate surface area is 111 Å². The van der Waals surface area contributed by atoms with Gasteiger partial charge in [-0.25, -0.2) is 0 Å². The van der Waals surface area contributed by atoms with Crippen molar-refractivity contribution in [3.8, 4) is 6.07 Å². The number of benzene rings is 1. The molecule has 2 nitrogen and oxygen atoms in total. The summed E-state index contributed by atoms with van der Waals surface area (Å²) in [5.41, 5.74) is 0.933. The molecule has 0 radical (unpaired) electrons. The molecule has 0 amide bonds. The molecule has 1 heterocycles. The van der Waals surface area contributed by atoms with Crippen LogP contribution in [0.2, 0.25) is 5.02 Å². The fourth-order valence-electron chi connectivity index (χ4n) is 1.54. The van der Waals surface area contributed by atoms with Gasteiger partial charge in [0, 0.05) is 22.7 Å². The van der Waals surface area contributed by atoms with E-state index in [2.05, 4.69) is 6.07 Å². The monoisotopic (exact) mass is 264 g/mol. The Kier molecular flexibility index (Phi) is 4.96. The molecule has 0 saturated carbocycles. The van der Waals surface area contributed by atoms with Gasteiger partial charge in [0.1, 0.15) is 6.07 Å². The van der Waals surface area contributed by atoms with E-state index in [-0.39, 0.29) is 18.4 Å². The maximum absolute atomic E-state index is 9.20. The summed E-state index contributed by atoms with van der Waals surface area (Å²) in [6, 6.07) is 15.0. The van der Waals surface area contributed by atoms with Crippen molar-refractivity contribution in [2.24, 2.45) is 0 Å². The molecule has 1 aromatic carbocycles. The van der Waals surface area contributed by atoms with Crippen LogP contribution < -0.4 is 17.0 Å². The van der Waals surface area contributed by atoms with Crippen LogP contribution in [0.25, 0.3) is 0 Å². The predicted molar refractivity (Wildman–Crippen MR) is 61.8 cm³/mol. The minimum absolute atomic E-state index is 0. The lowest BCUT2D eigenvalue weighted by Gasteiger charge is -2.04. The second-order valence-corrected chi connectivity index (χ2v) is 3.84. The third kappa shape index (κ3) is 3.20. The summed E-state index contributed by atoms with van der Waals surface area (Å²) in [5.74, 6) is 0. The molecule has 0 N–H and O–H groups in total. The average Bonchev–Trinajstić information content (AvgIpc) is 2.34. The van der Waals surface area contributed by atoms with Crippen LogP contribution >= 0.6 is 11.6 Å². The van der Waals surface area contributed by atoms with Gasteiger partial charge >= 0.3 is 0 Å². The molecule has 0 aliphatic heterocycles. The van der Waals surface area contributed by atoms with E-state index in [0.717, 1.165) is 5.56 Å². The summed E-state index contributed by atoms with van der Waals surface area (Å²) in [6.07, 6.45) is 3.75. The summed E-state index contributed by atoms with van der Waals surface area (Å²) in [5, 5.41) is 9.88. The van der Waals surface area contributed by atoms with Crippen LogP contribution in [-0.4, -0.2) is 0 Å². The fourth-order valence-corrected chi connectivity index (χ4v) is 1.67. The average molecular weight is 265 g/mol. The highest BCUT2D eigenvalue weighted by atomic mass is 35.5. The quantitative estimate of drug-likeness (QED) is 0.688. The van der Waals surface area contributed by atoms with Crippen molar-refractivity contribution in [1.29, 1.82) is 5.26 Å². The summed E-state index contributed by atoms with van der Waals surface area (Å²) >= 11 is 5.82. The third-order valence-corrected chi connectivity index (χ3v) is 2.60. The zero-order chi connectivity index (χ0) is 11.4. The van der Waals surface area contributed by atoms with Gasteiger partial charge < -0.3 is 12.4 Å². The van der Waals surface area contributed by atoms with Crippen LogP contribution in [0.15, 0.2) is 54.9 Å². The molecule has 0 saturated heterocycles. The highest BCUT2D eigenvalue weighted by Gasteiger charge is 2.18. The fraction of sp³-hybridized carbons (Fsp3) is 0.0769. The molecule has 4 heteroatoms. The molecular weight excluding hydrogens is 255 g/mol. The number of hydrogen-bond donors (Lipinski definition) is 0. The second-order valence-electron chi connectivity index (χ2n) is 3.41. The van der Waals surface area contributed by atoms with Gasteiger partial charge in [0.25, 0.3) is 6.04 Å². The van der Waals surface area contributed by atoms with Crippen LogP contribution in [0.3, 0.4) is 0 Å². The zero-order valence-electron chi connectivity index (χ0n) is 8.92. The first-order chi connectivity index (χ1) is 7.81. The van der Waals surface area contributed by atoms with Crippen molar-refractivity contribution in [3.05, 3.63) is 65.4 Å². The van der Waals surface area contributed by atoms with Crippen LogP contribution in [0.1, 0.15) is 11.6 Å². The molecule has 0 aliphatic carbocycles. The van der Waals surface area contributed by atoms with E-state index in [1.807, 2.05) is 47.3 Å². The smallest absolute Gasteiger partial charge is 0.269 e. The van der Waals surface area contributed by atoms with Gasteiger partial charge in [-0.05, 0) is 24.3 Å². The molecule has 1 unspecified atom stereocenters. The van der Waals surface area contributed by atoms with Gasteiger partial charge in [0.15, 0.2) is 12.4 Å². The summed E-state index contributed by atoms with van der Waals surface area (Å²) < 4.78 is 1.86. The Morgan fingerprint density at radius 1 is 1.06 bits per heavy atom. The number of nitrogens with zero attached hydrogens (tertiary/aromatic N) is 2. The summed E-state index contributed by atoms with van der Waals surface area (Å²) in [4.78, 5) is 0. The van der Waals surface area contributed by atoms with Crippen molar-refractivity contribution in [2.75, 3.05) is 0 Å². The molecule has 0 bridgehead atoms. The lowest BCUT2D eigenvalue weighted by Crippen LogP contribution is -3.00. The van der Waals surface area contributed by atoms with Gasteiger partial charge in [-0.3, -0.25) is 0 Å². The van der Waals surface area contributed by atoms with Gasteiger partial charge in [-0.1, -0.05) is 17.7 Å². The predicted octanol–water partition coefficient (Wildman–Crippen LogP) is -0.256. The normalized spacial score (nSPS) is 11.1. The van der Waals surface area contributed by atoms with E-state index in [1.165, 1.54) is 0 Å². The Balaban J connectivity index is 0.00000144. The molecule has 1 aromatic heterocycles. The summed E-state index contributed by atoms with van der Waals surface area (Å²) in [6.45, 7) is 0. The molecule has 0 aliphatic rings. The first kappa shape index (κ1) is 13.5. The zero-order valence-corrected chi connectivity index (χ0v) is 10.4. The molecular formula is C13H10Cl2N2. The Morgan fingerprint density at radius 2 is 1.65 bits per heavy atom. The lowest BCUT2D eigenvalue weighted by molar-refractivity contribution is -0.701. The molecule has 0 spiro atoms. The molecule has 86 valence electrons. The standard InChI is InChI=1S/C13H10ClN2.ClH/c14-12-6-4-11(5-7-12)13(10-15)16-8-2-1-3-9-16;/h1-9,13H;1H/q+1;/p-1. The Hall–Kier alpha value is -1.56. The van der Waals surface area contributed by atoms with Crippen LogP contribution in [0.5, 0.6) is 0 Å². The molecule has 2 rings (SSSR count). The van der Waals surface area contributed by atoms with Crippen LogP contribution in [-0.2, 0) is 0 Å². The molecule has 17 heavy (non-hydrogen) atoms. The van der Waals surface area contributed by atoms with Crippen LogP contribution in [0, 0.1) is 11.3 Å². The van der Waals surface area contributed by atoms with E-state index < -0.39 is 0 Å². The highest BCUT2D eigenvalue weighted by molar-refractivity contribution is 6.30. The van der Waals surface area contributed by atoms with Gasteiger partial charge in [0.2, 0.25) is 0 Å². The van der Waals surface area contributed by atoms with Crippen molar-refractivity contribution in [3.63, 3.8) is 0 Å². The van der Waals surface area contributed by atoms with E-state index in [4.69, 9.17) is 11.6 Å². The van der Waals surface area contributed by atoms with Crippen molar-refractivity contribution >= 4 is 11.6 Å². The minimum atomic E-state index is -0.307. The number of halogens is 2. The Bertz CT molecular complexity index is 503. The number of nitriles is 1. The second kappa shape index (κ2) is 6.24. The van der Waals surface area contributed by atoms with Gasteiger partial charge in [0.05, 0.1) is 0 Å². The first-order valence-corrected chi connectivity index (χ1v) is 5.30. The van der Waals surface area contributed by atoms with Gasteiger partial charge in [-0.2, -0.15) is 9.83 Å². The minimum Gasteiger partial charge on any atom is -1.00 e. The lowest BCUT2D eigenvalue weighted by atomic mass is 10.1. The van der Waals surface area contributed by atoms with E-state index in [1.54, 1.807) is 12.1 Å². The number of aromatic nitrogens is 1. The molecule has 1 atom stereocenters. The molecule has 2 aromatic rings. The maximum atomic E-state index is 9.20. The highest BCUT2D eigenvalue weighted by Crippen LogP contribution is 2.15. The maximum Gasteiger partial charge on any atom is 0.269 e. The largest absolute Gasteiger partial charge is 1.00 e. The van der Waals surface area contributed by atoms with Crippen molar-refractivity contribution < 1.29 is 17.0 Å². The van der Waals surface area contributed by atoms with Gasteiger partial charge in [-0.15, -0.1) is 0 Å². The Morgan fingerprint density at radius 3 is 2.18 bits per heavy atom. The van der Waals surface area contributed by atoms with E-state index in [9.17, 15) is 5.26 Å². The van der Waals surface area contributed by atoms with E-state index in [0.29, 0.717) is 5.02 Å². The van der Waals surface area contributed by atoms with Crippen molar-refractivity contribution in [1.82, 2.24) is 0 Å². The van der Waals surface area contributed by atoms with Crippen LogP contribution in [0.4, 0.5) is 0 Å².